The Morgan fingerprint density at radius 1 is 1.33 bits per heavy atom. The number of nitrogens with zero attached hydrogens (tertiary/aromatic N) is 2. The number of aromatic nitrogens is 2. The van der Waals surface area contributed by atoms with Gasteiger partial charge in [0.05, 0.1) is 17.5 Å². The number of nitrogens with one attached hydrogen (secondary N) is 2. The molecule has 8 heteroatoms. The summed E-state index contributed by atoms with van der Waals surface area (Å²) < 4.78 is 14.8. The Balaban J connectivity index is 1.78. The molecule has 2 N–H and O–H groups in total. The molecule has 0 aliphatic heterocycles. The van der Waals surface area contributed by atoms with E-state index in [2.05, 4.69) is 16.0 Å². The van der Waals surface area contributed by atoms with Crippen molar-refractivity contribution in [2.75, 3.05) is 5.75 Å². The van der Waals surface area contributed by atoms with Crippen molar-refractivity contribution in [1.29, 1.82) is 0 Å². The van der Waals surface area contributed by atoms with Gasteiger partial charge in [-0.3, -0.25) is 25.1 Å². The number of amides is 2. The minimum atomic E-state index is -0.465. The smallest absolute Gasteiger partial charge is 0.272 e. The molecule has 0 unspecified atom stereocenters. The van der Waals surface area contributed by atoms with Gasteiger partial charge in [-0.15, -0.1) is 11.8 Å². The minimum absolute atomic E-state index is 0.00570. The van der Waals surface area contributed by atoms with E-state index in [0.717, 1.165) is 11.8 Å². The van der Waals surface area contributed by atoms with Crippen LogP contribution < -0.4 is 10.9 Å². The number of hydrogen-bond donors (Lipinski definition) is 2. The Morgan fingerprint density at radius 3 is 2.76 bits per heavy atom. The summed E-state index contributed by atoms with van der Waals surface area (Å²) in [5.74, 6) is -1.28. The quantitative estimate of drug-likeness (QED) is 0.655. The van der Waals surface area contributed by atoms with E-state index in [1.54, 1.807) is 25.2 Å². The first-order valence-corrected chi connectivity index (χ1v) is 7.00. The number of aryl methyl sites for hydroxylation is 1. The van der Waals surface area contributed by atoms with Crippen molar-refractivity contribution in [3.05, 3.63) is 48.0 Å². The molecule has 0 atom stereocenters. The SMILES string of the molecule is Cn1cc(C(=O)NNC(=O)CSc2ccccc2F)cn1. The fourth-order valence-corrected chi connectivity index (χ4v) is 2.22. The van der Waals surface area contributed by atoms with Gasteiger partial charge in [0.25, 0.3) is 5.91 Å². The topological polar surface area (TPSA) is 76.0 Å². The van der Waals surface area contributed by atoms with Crippen molar-refractivity contribution in [2.24, 2.45) is 7.05 Å². The normalized spacial score (nSPS) is 10.2. The van der Waals surface area contributed by atoms with E-state index in [-0.39, 0.29) is 11.6 Å². The molecule has 2 amide bonds. The van der Waals surface area contributed by atoms with E-state index in [0.29, 0.717) is 10.5 Å². The number of carbonyl (C=O) groups excluding carboxylic acids is 2. The van der Waals surface area contributed by atoms with E-state index < -0.39 is 11.8 Å². The number of halogens is 1. The van der Waals surface area contributed by atoms with Crippen molar-refractivity contribution in [3.8, 4) is 0 Å². The molecule has 0 aliphatic carbocycles. The van der Waals surface area contributed by atoms with Crippen LogP contribution in [0.4, 0.5) is 4.39 Å². The van der Waals surface area contributed by atoms with Crippen molar-refractivity contribution < 1.29 is 14.0 Å². The van der Waals surface area contributed by atoms with E-state index >= 15 is 0 Å². The highest BCUT2D eigenvalue weighted by Gasteiger charge is 2.10. The van der Waals surface area contributed by atoms with Crippen molar-refractivity contribution >= 4 is 23.6 Å². The van der Waals surface area contributed by atoms with Gasteiger partial charge in [0.2, 0.25) is 5.91 Å². The summed E-state index contributed by atoms with van der Waals surface area (Å²) in [4.78, 5) is 23.6. The molecule has 6 nitrogen and oxygen atoms in total. The van der Waals surface area contributed by atoms with Crippen LogP contribution >= 0.6 is 11.8 Å². The zero-order valence-corrected chi connectivity index (χ0v) is 12.0. The molecule has 2 aromatic rings. The fraction of sp³-hybridized carbons (Fsp3) is 0.154. The molecule has 110 valence electrons. The Morgan fingerprint density at radius 2 is 2.10 bits per heavy atom. The van der Waals surface area contributed by atoms with Crippen LogP contribution in [0.3, 0.4) is 0 Å². The Bertz CT molecular complexity index is 659. The van der Waals surface area contributed by atoms with Gasteiger partial charge < -0.3 is 0 Å². The van der Waals surface area contributed by atoms with Gasteiger partial charge >= 0.3 is 0 Å². The third-order valence-electron chi connectivity index (χ3n) is 2.48. The molecule has 0 fully saturated rings. The first-order chi connectivity index (χ1) is 10.1. The van der Waals surface area contributed by atoms with Gasteiger partial charge in [-0.25, -0.2) is 4.39 Å². The second-order valence-electron chi connectivity index (χ2n) is 4.12. The molecule has 0 saturated carbocycles. The van der Waals surface area contributed by atoms with Crippen LogP contribution in [0, 0.1) is 5.82 Å². The summed E-state index contributed by atoms with van der Waals surface area (Å²) in [6, 6.07) is 6.17. The Kier molecular flexibility index (Phi) is 4.94. The van der Waals surface area contributed by atoms with Gasteiger partial charge in [-0.2, -0.15) is 5.10 Å². The number of hydrogen-bond acceptors (Lipinski definition) is 4. The van der Waals surface area contributed by atoms with Crippen LogP contribution in [-0.4, -0.2) is 27.3 Å². The Labute approximate surface area is 124 Å². The van der Waals surface area contributed by atoms with E-state index in [1.807, 2.05) is 0 Å². The highest BCUT2D eigenvalue weighted by molar-refractivity contribution is 8.00. The number of hydrazine groups is 1. The van der Waals surface area contributed by atoms with Gasteiger partial charge in [0, 0.05) is 18.1 Å². The second-order valence-corrected chi connectivity index (χ2v) is 5.14. The molecule has 1 aromatic carbocycles. The lowest BCUT2D eigenvalue weighted by molar-refractivity contribution is -0.119. The predicted octanol–water partition coefficient (Wildman–Crippen LogP) is 1.11. The third kappa shape index (κ3) is 4.32. The number of thioether (sulfide) groups is 1. The predicted molar refractivity (Wildman–Crippen MR) is 75.9 cm³/mol. The van der Waals surface area contributed by atoms with Crippen LogP contribution in [0.25, 0.3) is 0 Å². The monoisotopic (exact) mass is 308 g/mol. The maximum Gasteiger partial charge on any atom is 0.272 e. The first kappa shape index (κ1) is 15.0. The summed E-state index contributed by atoms with van der Waals surface area (Å²) in [6.07, 6.45) is 2.91. The van der Waals surface area contributed by atoms with Crippen molar-refractivity contribution in [2.45, 2.75) is 4.90 Å². The van der Waals surface area contributed by atoms with Crippen LogP contribution in [0.1, 0.15) is 10.4 Å². The van der Waals surface area contributed by atoms with Gasteiger partial charge in [-0.05, 0) is 12.1 Å². The molecule has 1 aromatic heterocycles. The first-order valence-electron chi connectivity index (χ1n) is 6.01. The summed E-state index contributed by atoms with van der Waals surface area (Å²) >= 11 is 1.05. The summed E-state index contributed by atoms with van der Waals surface area (Å²) in [5.41, 5.74) is 4.86. The van der Waals surface area contributed by atoms with Crippen molar-refractivity contribution in [3.63, 3.8) is 0 Å². The molecule has 2 rings (SSSR count). The number of rotatable bonds is 4. The van der Waals surface area contributed by atoms with E-state index in [9.17, 15) is 14.0 Å². The molecule has 0 aliphatic rings. The Hall–Kier alpha value is -2.35. The average molecular weight is 308 g/mol. The fourth-order valence-electron chi connectivity index (χ4n) is 1.48. The van der Waals surface area contributed by atoms with E-state index in [4.69, 9.17) is 0 Å². The molecule has 0 spiro atoms. The maximum atomic E-state index is 13.3. The average Bonchev–Trinajstić information content (AvgIpc) is 2.90. The lowest BCUT2D eigenvalue weighted by Gasteiger charge is -2.06. The minimum Gasteiger partial charge on any atom is -0.275 e. The van der Waals surface area contributed by atoms with Gasteiger partial charge in [-0.1, -0.05) is 12.1 Å². The summed E-state index contributed by atoms with van der Waals surface area (Å²) in [5, 5.41) is 3.85. The molecule has 0 bridgehead atoms. The number of benzene rings is 1. The molecular weight excluding hydrogens is 295 g/mol. The second kappa shape index (κ2) is 6.89. The number of carbonyl (C=O) groups is 2. The lowest BCUT2D eigenvalue weighted by Crippen LogP contribution is -2.42. The van der Waals surface area contributed by atoms with Crippen LogP contribution in [0.15, 0.2) is 41.6 Å². The summed E-state index contributed by atoms with van der Waals surface area (Å²) in [7, 11) is 1.68. The highest BCUT2D eigenvalue weighted by atomic mass is 32.2. The zero-order chi connectivity index (χ0) is 15.2. The van der Waals surface area contributed by atoms with Crippen LogP contribution in [0.2, 0.25) is 0 Å². The van der Waals surface area contributed by atoms with Gasteiger partial charge in [0.15, 0.2) is 0 Å². The van der Waals surface area contributed by atoms with Gasteiger partial charge in [0.1, 0.15) is 5.82 Å². The van der Waals surface area contributed by atoms with Crippen LogP contribution in [0.5, 0.6) is 0 Å². The maximum absolute atomic E-state index is 13.3. The highest BCUT2D eigenvalue weighted by Crippen LogP contribution is 2.20. The van der Waals surface area contributed by atoms with Crippen molar-refractivity contribution in [1.82, 2.24) is 20.6 Å². The largest absolute Gasteiger partial charge is 0.275 e. The zero-order valence-electron chi connectivity index (χ0n) is 11.2. The lowest BCUT2D eigenvalue weighted by atomic mass is 10.3. The third-order valence-corrected chi connectivity index (χ3v) is 3.53. The van der Waals surface area contributed by atoms with E-state index in [1.165, 1.54) is 23.1 Å². The standard InChI is InChI=1S/C13H13FN4O2S/c1-18-7-9(6-15-18)13(20)17-16-12(19)8-21-11-5-3-2-4-10(11)14/h2-7H,8H2,1H3,(H,16,19)(H,17,20). The molecule has 0 saturated heterocycles. The summed E-state index contributed by atoms with van der Waals surface area (Å²) in [6.45, 7) is 0. The molecule has 0 radical (unpaired) electrons. The molecule has 1 heterocycles. The van der Waals surface area contributed by atoms with Crippen LogP contribution in [-0.2, 0) is 11.8 Å². The molecule has 21 heavy (non-hydrogen) atoms. The molecular formula is C13H13FN4O2S.